The molecule has 3 N–H and O–H groups in total. The maximum absolute atomic E-state index is 12.8. The third-order valence-electron chi connectivity index (χ3n) is 9.91. The second-order valence-corrected chi connectivity index (χ2v) is 12.8. The van der Waals surface area contributed by atoms with Crippen LogP contribution in [0, 0.1) is 23.2 Å². The molecule has 3 saturated carbocycles. The number of aliphatic hydroxyl groups excluding tert-OH is 2. The van der Waals surface area contributed by atoms with Gasteiger partial charge in [0.1, 0.15) is 5.60 Å². The van der Waals surface area contributed by atoms with E-state index in [1.54, 1.807) is 6.92 Å². The Kier molecular flexibility index (Phi) is 7.45. The zero-order valence-corrected chi connectivity index (χ0v) is 22.5. The Hall–Kier alpha value is -1.43. The van der Waals surface area contributed by atoms with Gasteiger partial charge in [0.2, 0.25) is 0 Å². The summed E-state index contributed by atoms with van der Waals surface area (Å²) in [5, 5.41) is 31.0. The van der Waals surface area contributed by atoms with E-state index in [1.165, 1.54) is 31.3 Å². The zero-order valence-electron chi connectivity index (χ0n) is 22.5. The second kappa shape index (κ2) is 9.79. The average molecular weight is 486 g/mol. The van der Waals surface area contributed by atoms with Crippen molar-refractivity contribution in [2.75, 3.05) is 0 Å². The van der Waals surface area contributed by atoms with Crippen LogP contribution in [0.1, 0.15) is 92.4 Å². The third kappa shape index (κ3) is 4.93. The Labute approximate surface area is 212 Å². The lowest BCUT2D eigenvalue weighted by molar-refractivity contribution is -0.143. The van der Waals surface area contributed by atoms with Crippen LogP contribution in [0.15, 0.2) is 35.5 Å². The molecule has 0 aromatic rings. The number of likely N-dealkylation sites (tertiary alicyclic amines) is 1. The van der Waals surface area contributed by atoms with E-state index in [0.717, 1.165) is 24.0 Å². The average Bonchev–Trinajstić information content (AvgIpc) is 3.22. The van der Waals surface area contributed by atoms with Gasteiger partial charge in [-0.15, -0.1) is 0 Å². The van der Waals surface area contributed by atoms with Crippen molar-refractivity contribution in [2.24, 2.45) is 23.2 Å². The standard InChI is InChI=1S/C30H47NO4/c1-18(2)31-23(17-30(6,35)28(31)34)14-19(3)25-11-12-26-21(8-7-13-29(25,26)5)9-10-22-15-24(32)16-27(33)20(22)4/h9-10,18-19,23-27,32-33,35H,4,7-8,11-17H2,1-3,5-6H3/b21-9-,22-10+/t19?,23?,24-,25-,26+,27+,29-,30?/m1/s1. The summed E-state index contributed by atoms with van der Waals surface area (Å²) >= 11 is 0. The normalized spacial score (nSPS) is 43.5. The third-order valence-corrected chi connectivity index (χ3v) is 9.91. The number of carbonyl (C=O) groups is 1. The van der Waals surface area contributed by atoms with Gasteiger partial charge < -0.3 is 20.2 Å². The van der Waals surface area contributed by atoms with E-state index in [9.17, 15) is 20.1 Å². The topological polar surface area (TPSA) is 81.0 Å². The number of rotatable bonds is 5. The minimum atomic E-state index is -1.24. The molecule has 1 amide bonds. The molecule has 0 aromatic carbocycles. The van der Waals surface area contributed by atoms with E-state index in [4.69, 9.17) is 0 Å². The molecule has 1 aliphatic heterocycles. The predicted molar refractivity (Wildman–Crippen MR) is 140 cm³/mol. The number of aliphatic hydroxyl groups is 3. The number of allylic oxidation sites excluding steroid dienone is 3. The van der Waals surface area contributed by atoms with E-state index in [0.29, 0.717) is 37.0 Å². The molecular weight excluding hydrogens is 438 g/mol. The van der Waals surface area contributed by atoms with Gasteiger partial charge in [-0.2, -0.15) is 0 Å². The number of hydrogen-bond donors (Lipinski definition) is 3. The van der Waals surface area contributed by atoms with Gasteiger partial charge in [-0.3, -0.25) is 4.79 Å². The Morgan fingerprint density at radius 2 is 1.89 bits per heavy atom. The molecule has 1 heterocycles. The molecule has 0 spiro atoms. The SMILES string of the molecule is C=C1/C(=C/C=C2/CCC[C@]3(C)[C@@H](C(C)CC4CC(C)(O)C(=O)N4C(C)C)CC[C@@H]23)C[C@@H](O)C[C@@H]1O. The summed E-state index contributed by atoms with van der Waals surface area (Å²) in [6.45, 7) is 14.7. The van der Waals surface area contributed by atoms with E-state index < -0.39 is 17.8 Å². The minimum Gasteiger partial charge on any atom is -0.393 e. The Morgan fingerprint density at radius 1 is 1.17 bits per heavy atom. The van der Waals surface area contributed by atoms with Gasteiger partial charge in [0, 0.05) is 24.9 Å². The van der Waals surface area contributed by atoms with Crippen molar-refractivity contribution in [2.45, 2.75) is 122 Å². The monoisotopic (exact) mass is 485 g/mol. The predicted octanol–water partition coefficient (Wildman–Crippen LogP) is 4.91. The Balaban J connectivity index is 1.50. The van der Waals surface area contributed by atoms with Gasteiger partial charge in [0.25, 0.3) is 5.91 Å². The first-order valence-corrected chi connectivity index (χ1v) is 13.8. The second-order valence-electron chi connectivity index (χ2n) is 12.8. The summed E-state index contributed by atoms with van der Waals surface area (Å²) in [7, 11) is 0. The molecule has 4 rings (SSSR count). The van der Waals surface area contributed by atoms with E-state index in [2.05, 4.69) is 46.4 Å². The summed E-state index contributed by atoms with van der Waals surface area (Å²) in [5.74, 6) is 1.53. The van der Waals surface area contributed by atoms with E-state index >= 15 is 0 Å². The summed E-state index contributed by atoms with van der Waals surface area (Å²) in [5.41, 5.74) is 2.24. The molecule has 0 bridgehead atoms. The van der Waals surface area contributed by atoms with E-state index in [1.807, 2.05) is 4.90 Å². The van der Waals surface area contributed by atoms with Crippen molar-refractivity contribution in [3.05, 3.63) is 35.5 Å². The largest absolute Gasteiger partial charge is 0.393 e. The highest BCUT2D eigenvalue weighted by molar-refractivity contribution is 5.87. The Morgan fingerprint density at radius 3 is 2.57 bits per heavy atom. The molecule has 0 radical (unpaired) electrons. The van der Waals surface area contributed by atoms with Gasteiger partial charge in [0.15, 0.2) is 0 Å². The summed E-state index contributed by atoms with van der Waals surface area (Å²) in [6, 6.07) is 0.207. The summed E-state index contributed by atoms with van der Waals surface area (Å²) in [4.78, 5) is 14.7. The minimum absolute atomic E-state index is 0.101. The molecule has 196 valence electrons. The number of fused-ring (bicyclic) bond motifs is 1. The van der Waals surface area contributed by atoms with Crippen molar-refractivity contribution >= 4 is 5.91 Å². The van der Waals surface area contributed by atoms with Crippen LogP contribution in [-0.4, -0.2) is 56.0 Å². The number of amides is 1. The molecule has 1 saturated heterocycles. The highest BCUT2D eigenvalue weighted by atomic mass is 16.3. The van der Waals surface area contributed by atoms with Crippen LogP contribution in [0.3, 0.4) is 0 Å². The van der Waals surface area contributed by atoms with Crippen LogP contribution < -0.4 is 0 Å². The maximum atomic E-state index is 12.8. The van der Waals surface area contributed by atoms with Crippen LogP contribution >= 0.6 is 0 Å². The zero-order chi connectivity index (χ0) is 25.7. The molecule has 8 atom stereocenters. The van der Waals surface area contributed by atoms with Crippen molar-refractivity contribution in [1.82, 2.24) is 4.90 Å². The van der Waals surface area contributed by atoms with Gasteiger partial charge in [-0.1, -0.05) is 38.2 Å². The van der Waals surface area contributed by atoms with Crippen molar-refractivity contribution in [1.29, 1.82) is 0 Å². The number of carbonyl (C=O) groups excluding carboxylic acids is 1. The van der Waals surface area contributed by atoms with Crippen LogP contribution in [-0.2, 0) is 4.79 Å². The fourth-order valence-corrected chi connectivity index (χ4v) is 8.21. The van der Waals surface area contributed by atoms with Gasteiger partial charge in [-0.25, -0.2) is 0 Å². The van der Waals surface area contributed by atoms with Crippen LogP contribution in [0.2, 0.25) is 0 Å². The smallest absolute Gasteiger partial charge is 0.254 e. The molecule has 3 unspecified atom stereocenters. The van der Waals surface area contributed by atoms with E-state index in [-0.39, 0.29) is 23.4 Å². The fourth-order valence-electron chi connectivity index (χ4n) is 8.21. The lowest BCUT2D eigenvalue weighted by Gasteiger charge is -2.45. The summed E-state index contributed by atoms with van der Waals surface area (Å²) < 4.78 is 0. The molecule has 5 heteroatoms. The Bertz CT molecular complexity index is 902. The highest BCUT2D eigenvalue weighted by Crippen LogP contribution is 2.60. The van der Waals surface area contributed by atoms with Crippen LogP contribution in [0.5, 0.6) is 0 Å². The fraction of sp³-hybridized carbons (Fsp3) is 0.767. The molecular formula is C30H47NO4. The van der Waals surface area contributed by atoms with Gasteiger partial charge >= 0.3 is 0 Å². The molecule has 3 aliphatic carbocycles. The first-order valence-electron chi connectivity index (χ1n) is 13.8. The van der Waals surface area contributed by atoms with Gasteiger partial charge in [0.05, 0.1) is 12.2 Å². The first kappa shape index (κ1) is 26.6. The molecule has 4 aliphatic rings. The number of hydrogen-bond acceptors (Lipinski definition) is 4. The van der Waals surface area contributed by atoms with Crippen molar-refractivity contribution < 1.29 is 20.1 Å². The lowest BCUT2D eigenvalue weighted by Crippen LogP contribution is -2.44. The molecule has 0 aromatic heterocycles. The molecule has 4 fully saturated rings. The molecule has 5 nitrogen and oxygen atoms in total. The molecule has 35 heavy (non-hydrogen) atoms. The number of nitrogens with zero attached hydrogens (tertiary/aromatic N) is 1. The quantitative estimate of drug-likeness (QED) is 0.517. The highest BCUT2D eigenvalue weighted by Gasteiger charge is 2.53. The lowest BCUT2D eigenvalue weighted by atomic mass is 9.60. The maximum Gasteiger partial charge on any atom is 0.254 e. The van der Waals surface area contributed by atoms with Crippen LogP contribution in [0.4, 0.5) is 0 Å². The first-order chi connectivity index (χ1) is 16.3. The van der Waals surface area contributed by atoms with Gasteiger partial charge in [-0.05, 0) is 100 Å². The van der Waals surface area contributed by atoms with Crippen LogP contribution in [0.25, 0.3) is 0 Å². The van der Waals surface area contributed by atoms with Crippen molar-refractivity contribution in [3.63, 3.8) is 0 Å². The summed E-state index contributed by atoms with van der Waals surface area (Å²) in [6.07, 6.45) is 11.6. The van der Waals surface area contributed by atoms with Crippen molar-refractivity contribution in [3.8, 4) is 0 Å².